The largest absolute Gasteiger partial charge is 0.350 e. The average molecular weight is 331 g/mol. The summed E-state index contributed by atoms with van der Waals surface area (Å²) in [5.41, 5.74) is -2.05. The highest BCUT2D eigenvalue weighted by atomic mass is 35.5. The van der Waals surface area contributed by atoms with E-state index in [0.717, 1.165) is 15.3 Å². The molecule has 0 aliphatic carbocycles. The number of halogens is 2. The summed E-state index contributed by atoms with van der Waals surface area (Å²) >= 11 is 11.6. The number of pyridine rings is 1. The van der Waals surface area contributed by atoms with Crippen molar-refractivity contribution in [3.8, 4) is 0 Å². The zero-order valence-electron chi connectivity index (χ0n) is 10.6. The maximum atomic E-state index is 12.0. The summed E-state index contributed by atoms with van der Waals surface area (Å²) in [6.45, 7) is -0.240. The fourth-order valence-corrected chi connectivity index (χ4v) is 2.12. The van der Waals surface area contributed by atoms with Gasteiger partial charge >= 0.3 is 16.9 Å². The Bertz CT molecular complexity index is 843. The lowest BCUT2D eigenvalue weighted by Crippen LogP contribution is -2.39. The van der Waals surface area contributed by atoms with Gasteiger partial charge in [0.05, 0.1) is 22.7 Å². The summed E-state index contributed by atoms with van der Waals surface area (Å²) in [4.78, 5) is 37.7. The highest BCUT2D eigenvalue weighted by Crippen LogP contribution is 2.18. The van der Waals surface area contributed by atoms with Crippen molar-refractivity contribution in [1.82, 2.24) is 14.1 Å². The van der Waals surface area contributed by atoms with Gasteiger partial charge in [-0.2, -0.15) is 0 Å². The van der Waals surface area contributed by atoms with Gasteiger partial charge in [-0.3, -0.25) is 19.5 Å². The van der Waals surface area contributed by atoms with Crippen molar-refractivity contribution in [2.45, 2.75) is 6.54 Å². The first kappa shape index (κ1) is 15.2. The van der Waals surface area contributed by atoms with Gasteiger partial charge in [0.1, 0.15) is 5.15 Å². The number of nitro groups is 1. The van der Waals surface area contributed by atoms with Crippen molar-refractivity contribution >= 4 is 28.9 Å². The molecular formula is C11H8Cl2N4O4. The fourth-order valence-electron chi connectivity index (χ4n) is 1.70. The molecule has 0 atom stereocenters. The molecule has 0 fully saturated rings. The molecule has 0 bridgehead atoms. The summed E-state index contributed by atoms with van der Waals surface area (Å²) in [7, 11) is 1.31. The SMILES string of the molecule is Cn1cc([N+](=O)[O-])c(=O)n(Cc2cnc(Cl)cc2Cl)c1=O. The van der Waals surface area contributed by atoms with Gasteiger partial charge in [0.15, 0.2) is 0 Å². The number of rotatable bonds is 3. The third-order valence-corrected chi connectivity index (χ3v) is 3.29. The van der Waals surface area contributed by atoms with Crippen LogP contribution < -0.4 is 11.2 Å². The van der Waals surface area contributed by atoms with Gasteiger partial charge in [-0.15, -0.1) is 0 Å². The molecule has 10 heteroatoms. The van der Waals surface area contributed by atoms with E-state index < -0.39 is 21.9 Å². The summed E-state index contributed by atoms with van der Waals surface area (Å²) in [5.74, 6) is 0. The molecule has 0 aliphatic rings. The summed E-state index contributed by atoms with van der Waals surface area (Å²) in [6.07, 6.45) is 2.18. The van der Waals surface area contributed by atoms with Gasteiger partial charge in [-0.25, -0.2) is 14.3 Å². The van der Waals surface area contributed by atoms with Crippen molar-refractivity contribution in [2.24, 2.45) is 7.05 Å². The molecule has 0 N–H and O–H groups in total. The van der Waals surface area contributed by atoms with Crippen LogP contribution >= 0.6 is 23.2 Å². The lowest BCUT2D eigenvalue weighted by molar-refractivity contribution is -0.387. The van der Waals surface area contributed by atoms with Crippen LogP contribution in [0.3, 0.4) is 0 Å². The Morgan fingerprint density at radius 2 is 2.05 bits per heavy atom. The van der Waals surface area contributed by atoms with E-state index in [9.17, 15) is 19.7 Å². The Balaban J connectivity index is 2.61. The van der Waals surface area contributed by atoms with Crippen LogP contribution in [0, 0.1) is 10.1 Å². The predicted octanol–water partition coefficient (Wildman–Crippen LogP) is 1.21. The van der Waals surface area contributed by atoms with Gasteiger partial charge in [-0.1, -0.05) is 23.2 Å². The van der Waals surface area contributed by atoms with Crippen LogP contribution in [-0.2, 0) is 13.6 Å². The highest BCUT2D eigenvalue weighted by Gasteiger charge is 2.19. The summed E-state index contributed by atoms with van der Waals surface area (Å²) in [5, 5.41) is 11.2. The molecule has 110 valence electrons. The Morgan fingerprint density at radius 1 is 1.38 bits per heavy atom. The van der Waals surface area contributed by atoms with Gasteiger partial charge in [-0.05, 0) is 6.07 Å². The second-order valence-corrected chi connectivity index (χ2v) is 4.95. The lowest BCUT2D eigenvalue weighted by atomic mass is 10.3. The topological polar surface area (TPSA) is 100 Å². The van der Waals surface area contributed by atoms with Crippen molar-refractivity contribution in [3.05, 3.63) is 65.2 Å². The molecule has 2 aromatic rings. The zero-order chi connectivity index (χ0) is 15.7. The molecule has 8 nitrogen and oxygen atoms in total. The smallest absolute Gasteiger partial charge is 0.297 e. The van der Waals surface area contributed by atoms with E-state index in [1.54, 1.807) is 0 Å². The van der Waals surface area contributed by atoms with Crippen LogP contribution in [0.5, 0.6) is 0 Å². The Labute approximate surface area is 127 Å². The van der Waals surface area contributed by atoms with Gasteiger partial charge < -0.3 is 0 Å². The van der Waals surface area contributed by atoms with Gasteiger partial charge in [0, 0.05) is 18.8 Å². The van der Waals surface area contributed by atoms with E-state index in [0.29, 0.717) is 5.56 Å². The number of hydrogen-bond acceptors (Lipinski definition) is 5. The quantitative estimate of drug-likeness (QED) is 0.478. The maximum absolute atomic E-state index is 12.0. The van der Waals surface area contributed by atoms with Crippen LogP contribution in [0.25, 0.3) is 0 Å². The number of hydrogen-bond donors (Lipinski definition) is 0. The van der Waals surface area contributed by atoms with Gasteiger partial charge in [0.2, 0.25) is 0 Å². The second kappa shape index (κ2) is 5.66. The molecule has 0 amide bonds. The maximum Gasteiger partial charge on any atom is 0.350 e. The lowest BCUT2D eigenvalue weighted by Gasteiger charge is -2.08. The van der Waals surface area contributed by atoms with Crippen LogP contribution in [-0.4, -0.2) is 19.0 Å². The average Bonchev–Trinajstić information content (AvgIpc) is 2.40. The predicted molar refractivity (Wildman–Crippen MR) is 76.0 cm³/mol. The summed E-state index contributed by atoms with van der Waals surface area (Å²) < 4.78 is 1.67. The zero-order valence-corrected chi connectivity index (χ0v) is 12.1. The molecule has 2 aromatic heterocycles. The minimum Gasteiger partial charge on any atom is -0.297 e. The third-order valence-electron chi connectivity index (χ3n) is 2.73. The second-order valence-electron chi connectivity index (χ2n) is 4.15. The molecule has 0 radical (unpaired) electrons. The van der Waals surface area contributed by atoms with Crippen molar-refractivity contribution < 1.29 is 4.92 Å². The summed E-state index contributed by atoms with van der Waals surface area (Å²) in [6, 6.07) is 1.35. The van der Waals surface area contributed by atoms with E-state index in [4.69, 9.17) is 23.2 Å². The normalized spacial score (nSPS) is 10.6. The molecule has 2 rings (SSSR count). The van der Waals surface area contributed by atoms with Gasteiger partial charge in [0.25, 0.3) is 0 Å². The van der Waals surface area contributed by atoms with E-state index in [-0.39, 0.29) is 16.7 Å². The molecule has 0 saturated carbocycles. The van der Waals surface area contributed by atoms with E-state index in [1.165, 1.54) is 19.3 Å². The molecule has 0 unspecified atom stereocenters. The minimum absolute atomic E-state index is 0.156. The molecule has 0 spiro atoms. The Morgan fingerprint density at radius 3 is 2.62 bits per heavy atom. The number of aromatic nitrogens is 3. The van der Waals surface area contributed by atoms with Crippen molar-refractivity contribution in [2.75, 3.05) is 0 Å². The fraction of sp³-hybridized carbons (Fsp3) is 0.182. The monoisotopic (exact) mass is 330 g/mol. The first-order chi connectivity index (χ1) is 9.81. The van der Waals surface area contributed by atoms with Crippen LogP contribution in [0.4, 0.5) is 5.69 Å². The Kier molecular flexibility index (Phi) is 4.10. The van der Waals surface area contributed by atoms with E-state index in [1.807, 2.05) is 0 Å². The number of aryl methyl sites for hydroxylation is 1. The third kappa shape index (κ3) is 2.96. The molecule has 0 saturated heterocycles. The van der Waals surface area contributed by atoms with E-state index >= 15 is 0 Å². The van der Waals surface area contributed by atoms with Crippen LogP contribution in [0.1, 0.15) is 5.56 Å². The molecule has 2 heterocycles. The van der Waals surface area contributed by atoms with Crippen LogP contribution in [0.2, 0.25) is 10.2 Å². The Hall–Kier alpha value is -2.19. The minimum atomic E-state index is -1.01. The van der Waals surface area contributed by atoms with Crippen molar-refractivity contribution in [3.63, 3.8) is 0 Å². The molecule has 0 aliphatic heterocycles. The van der Waals surface area contributed by atoms with Crippen molar-refractivity contribution in [1.29, 1.82) is 0 Å². The first-order valence-electron chi connectivity index (χ1n) is 5.56. The molecule has 0 aromatic carbocycles. The first-order valence-corrected chi connectivity index (χ1v) is 6.31. The molecule has 21 heavy (non-hydrogen) atoms. The van der Waals surface area contributed by atoms with E-state index in [2.05, 4.69) is 4.98 Å². The standard InChI is InChI=1S/C11H8Cl2N4O4/c1-15-5-8(17(20)21)10(18)16(11(15)19)4-6-3-14-9(13)2-7(6)12/h2-3,5H,4H2,1H3. The number of nitrogens with zero attached hydrogens (tertiary/aromatic N) is 4. The highest BCUT2D eigenvalue weighted by molar-refractivity contribution is 6.34. The molecular weight excluding hydrogens is 323 g/mol. The van der Waals surface area contributed by atoms with Crippen LogP contribution in [0.15, 0.2) is 28.0 Å².